The van der Waals surface area contributed by atoms with Crippen LogP contribution in [0.3, 0.4) is 0 Å². The third kappa shape index (κ3) is 3.48. The van der Waals surface area contributed by atoms with E-state index < -0.39 is 35.2 Å². The number of rotatable bonds is 2. The number of phenolic OH excluding ortho intramolecular Hbond substituents is 1. The molecule has 8 heteroatoms. The Kier molecular flexibility index (Phi) is 5.56. The fourth-order valence-corrected chi connectivity index (χ4v) is 6.69. The molecule has 1 N–H and O–H groups in total. The molecule has 6 rings (SSSR count). The number of halogens is 2. The van der Waals surface area contributed by atoms with Crippen LogP contribution in [0.25, 0.3) is 0 Å². The number of nitrogens with zero attached hydrogens (tertiary/aromatic N) is 1. The highest BCUT2D eigenvalue weighted by atomic mass is 127. The van der Waals surface area contributed by atoms with Crippen LogP contribution in [0.4, 0.5) is 10.1 Å². The highest BCUT2D eigenvalue weighted by Gasteiger charge is 2.56. The number of benzene rings is 2. The molecule has 0 radical (unpaired) electrons. The second-order valence-electron chi connectivity index (χ2n) is 9.89. The molecule has 1 fully saturated rings. The summed E-state index contributed by atoms with van der Waals surface area (Å²) in [6.45, 7) is 1.56. The number of fused-ring (bicyclic) bond motifs is 3. The van der Waals surface area contributed by atoms with Crippen molar-refractivity contribution < 1.29 is 28.7 Å². The number of para-hydroxylation sites is 1. The summed E-state index contributed by atoms with van der Waals surface area (Å²) >= 11 is 2.15. The van der Waals surface area contributed by atoms with Crippen LogP contribution < -0.4 is 4.90 Å². The fourth-order valence-electron chi connectivity index (χ4n) is 6.33. The normalized spacial score (nSPS) is 27.1. The number of carbonyl (C=O) groups excluding carboxylic acids is 4. The Morgan fingerprint density at radius 3 is 2.46 bits per heavy atom. The Labute approximate surface area is 225 Å². The van der Waals surface area contributed by atoms with E-state index in [1.807, 2.05) is 18.2 Å². The number of carbonyl (C=O) groups is 4. The Morgan fingerprint density at radius 2 is 1.73 bits per heavy atom. The predicted octanol–water partition coefficient (Wildman–Crippen LogP) is 4.77. The fraction of sp³-hybridized carbons (Fsp3) is 0.241. The van der Waals surface area contributed by atoms with Crippen molar-refractivity contribution in [2.24, 2.45) is 17.8 Å². The number of allylic oxidation sites excluding steroid dienone is 6. The zero-order valence-corrected chi connectivity index (χ0v) is 21.9. The Hall–Kier alpha value is -3.40. The van der Waals surface area contributed by atoms with E-state index in [-0.39, 0.29) is 58.5 Å². The van der Waals surface area contributed by atoms with Gasteiger partial charge in [0, 0.05) is 31.8 Å². The molecule has 6 nitrogen and oxygen atoms in total. The number of hydrogen-bond donors (Lipinski definition) is 1. The second kappa shape index (κ2) is 8.58. The zero-order valence-electron chi connectivity index (χ0n) is 19.7. The van der Waals surface area contributed by atoms with Crippen LogP contribution in [-0.2, 0) is 19.2 Å². The van der Waals surface area contributed by atoms with Crippen molar-refractivity contribution >= 4 is 51.7 Å². The number of anilines is 1. The van der Waals surface area contributed by atoms with E-state index in [2.05, 4.69) is 22.6 Å². The van der Waals surface area contributed by atoms with Gasteiger partial charge in [0.2, 0.25) is 11.8 Å². The monoisotopic (exact) mass is 609 g/mol. The molecule has 0 aromatic heterocycles. The van der Waals surface area contributed by atoms with E-state index in [1.165, 1.54) is 23.1 Å². The molecule has 4 aliphatic rings. The van der Waals surface area contributed by atoms with Crippen molar-refractivity contribution in [3.8, 4) is 5.75 Å². The zero-order chi connectivity index (χ0) is 26.2. The molecule has 1 saturated heterocycles. The molecule has 186 valence electrons. The molecule has 1 heterocycles. The molecule has 3 aliphatic carbocycles. The standard InChI is InChI=1S/C29H21FINO5/c1-13-11-22(33)20-12-19-16(23(25(20)26(13)34)17-3-2-4-21(30)27(17)35)9-10-18-24(19)29(37)32(28(18)36)15-7-5-14(31)6-8-15/h2-9,11,18-19,23-24,35H,10,12H2,1H3. The number of aromatic hydroxyl groups is 1. The third-order valence-electron chi connectivity index (χ3n) is 7.98. The lowest BCUT2D eigenvalue weighted by molar-refractivity contribution is -0.123. The minimum absolute atomic E-state index is 0.128. The van der Waals surface area contributed by atoms with Crippen LogP contribution in [-0.4, -0.2) is 28.5 Å². The Morgan fingerprint density at radius 1 is 1.00 bits per heavy atom. The van der Waals surface area contributed by atoms with Gasteiger partial charge in [-0.05, 0) is 84.7 Å². The summed E-state index contributed by atoms with van der Waals surface area (Å²) in [7, 11) is 0. The highest BCUT2D eigenvalue weighted by molar-refractivity contribution is 14.1. The first-order valence-corrected chi connectivity index (χ1v) is 13.1. The van der Waals surface area contributed by atoms with E-state index in [0.717, 1.165) is 9.64 Å². The van der Waals surface area contributed by atoms with E-state index in [1.54, 1.807) is 19.1 Å². The Bertz CT molecular complexity index is 1520. The maximum atomic E-state index is 14.5. The summed E-state index contributed by atoms with van der Waals surface area (Å²) < 4.78 is 15.4. The molecule has 0 saturated carbocycles. The molecule has 37 heavy (non-hydrogen) atoms. The topological polar surface area (TPSA) is 91.8 Å². The molecular weight excluding hydrogens is 588 g/mol. The molecule has 4 unspecified atom stereocenters. The van der Waals surface area contributed by atoms with Gasteiger partial charge in [0.1, 0.15) is 0 Å². The van der Waals surface area contributed by atoms with Crippen molar-refractivity contribution in [2.75, 3.05) is 4.90 Å². The molecule has 2 aromatic carbocycles. The molecule has 4 atom stereocenters. The summed E-state index contributed by atoms with van der Waals surface area (Å²) in [5.74, 6) is -5.50. The number of amides is 2. The van der Waals surface area contributed by atoms with Crippen molar-refractivity contribution in [1.29, 1.82) is 0 Å². The SMILES string of the molecule is CC1=CC(=O)C2=C(C1=O)C(c1cccc(F)c1O)C1=CCC3C(=O)N(c4ccc(I)cc4)C(=O)C3C1C2. The van der Waals surface area contributed by atoms with Gasteiger partial charge in [-0.25, -0.2) is 4.39 Å². The van der Waals surface area contributed by atoms with Crippen LogP contribution in [0.15, 0.2) is 76.9 Å². The second-order valence-corrected chi connectivity index (χ2v) is 11.1. The van der Waals surface area contributed by atoms with Crippen molar-refractivity contribution in [3.05, 3.63) is 91.9 Å². The quantitative estimate of drug-likeness (QED) is 0.229. The minimum Gasteiger partial charge on any atom is -0.505 e. The summed E-state index contributed by atoms with van der Waals surface area (Å²) in [6, 6.07) is 11.2. The number of hydrogen-bond acceptors (Lipinski definition) is 5. The first-order chi connectivity index (χ1) is 17.7. The van der Waals surface area contributed by atoms with Gasteiger partial charge in [0.25, 0.3) is 0 Å². The highest BCUT2D eigenvalue weighted by Crippen LogP contribution is 2.56. The van der Waals surface area contributed by atoms with Gasteiger partial charge in [-0.3, -0.25) is 24.1 Å². The van der Waals surface area contributed by atoms with Gasteiger partial charge >= 0.3 is 0 Å². The molecule has 0 bridgehead atoms. The van der Waals surface area contributed by atoms with Gasteiger partial charge in [0.05, 0.1) is 17.5 Å². The third-order valence-corrected chi connectivity index (χ3v) is 8.70. The van der Waals surface area contributed by atoms with Crippen LogP contribution >= 0.6 is 22.6 Å². The lowest BCUT2D eigenvalue weighted by Crippen LogP contribution is -2.39. The van der Waals surface area contributed by atoms with Crippen LogP contribution in [0.2, 0.25) is 0 Å². The number of ketones is 2. The summed E-state index contributed by atoms with van der Waals surface area (Å²) in [4.78, 5) is 55.0. The molecule has 1 aliphatic heterocycles. The molecular formula is C29H21FINO5. The first-order valence-electron chi connectivity index (χ1n) is 12.0. The van der Waals surface area contributed by atoms with Gasteiger partial charge in [-0.2, -0.15) is 0 Å². The van der Waals surface area contributed by atoms with Gasteiger partial charge < -0.3 is 5.11 Å². The first kappa shape index (κ1) is 24.0. The lowest BCUT2D eigenvalue weighted by Gasteiger charge is -2.42. The summed E-state index contributed by atoms with van der Waals surface area (Å²) in [5, 5.41) is 10.7. The van der Waals surface area contributed by atoms with E-state index in [0.29, 0.717) is 11.3 Å². The largest absolute Gasteiger partial charge is 0.505 e. The molecule has 0 spiro atoms. The van der Waals surface area contributed by atoms with E-state index in [9.17, 15) is 28.7 Å². The van der Waals surface area contributed by atoms with Crippen molar-refractivity contribution in [2.45, 2.75) is 25.7 Å². The van der Waals surface area contributed by atoms with E-state index in [4.69, 9.17) is 0 Å². The average molecular weight is 609 g/mol. The van der Waals surface area contributed by atoms with Crippen LogP contribution in [0.1, 0.15) is 31.2 Å². The molecule has 2 aromatic rings. The van der Waals surface area contributed by atoms with Crippen LogP contribution in [0.5, 0.6) is 5.75 Å². The van der Waals surface area contributed by atoms with Crippen LogP contribution in [0, 0.1) is 27.1 Å². The minimum atomic E-state index is -0.888. The average Bonchev–Trinajstić information content (AvgIpc) is 3.13. The lowest BCUT2D eigenvalue weighted by atomic mass is 9.59. The van der Waals surface area contributed by atoms with Crippen molar-refractivity contribution in [3.63, 3.8) is 0 Å². The summed E-state index contributed by atoms with van der Waals surface area (Å²) in [5.41, 5.74) is 2.09. The number of phenols is 1. The summed E-state index contributed by atoms with van der Waals surface area (Å²) in [6.07, 6.45) is 3.54. The predicted molar refractivity (Wildman–Crippen MR) is 141 cm³/mol. The smallest absolute Gasteiger partial charge is 0.238 e. The Balaban J connectivity index is 1.50. The maximum absolute atomic E-state index is 14.5. The van der Waals surface area contributed by atoms with Gasteiger partial charge in [-0.15, -0.1) is 0 Å². The van der Waals surface area contributed by atoms with Gasteiger partial charge in [0.15, 0.2) is 23.1 Å². The number of Topliss-reactive ketones (excluding diaryl/α,β-unsaturated/α-hetero) is 1. The maximum Gasteiger partial charge on any atom is 0.238 e. The van der Waals surface area contributed by atoms with E-state index >= 15 is 0 Å². The number of imide groups is 1. The van der Waals surface area contributed by atoms with Crippen molar-refractivity contribution in [1.82, 2.24) is 0 Å². The molecule has 2 amide bonds. The van der Waals surface area contributed by atoms with Gasteiger partial charge in [-0.1, -0.05) is 23.8 Å².